The monoisotopic (exact) mass is 283 g/mol. The third-order valence-corrected chi connectivity index (χ3v) is 4.29. The number of hydrogen-bond acceptors (Lipinski definition) is 3. The number of carbonyl (C=O) groups is 1. The Kier molecular flexibility index (Phi) is 9.73. The van der Waals surface area contributed by atoms with Crippen LogP contribution in [0.1, 0.15) is 71.6 Å². The van der Waals surface area contributed by atoms with Crippen molar-refractivity contribution in [3.05, 3.63) is 0 Å². The van der Waals surface area contributed by atoms with Crippen molar-refractivity contribution in [1.29, 1.82) is 0 Å². The lowest BCUT2D eigenvalue weighted by molar-refractivity contribution is -0.149. The minimum absolute atomic E-state index is 0.0167. The molecule has 1 rings (SSSR count). The molecular weight excluding hydrogens is 250 g/mol. The lowest BCUT2D eigenvalue weighted by atomic mass is 9.97. The summed E-state index contributed by atoms with van der Waals surface area (Å²) < 4.78 is 5.10. The molecule has 1 heterocycles. The van der Waals surface area contributed by atoms with E-state index in [0.717, 1.165) is 25.9 Å². The van der Waals surface area contributed by atoms with E-state index in [4.69, 9.17) is 4.74 Å². The number of piperidine rings is 1. The van der Waals surface area contributed by atoms with Crippen LogP contribution in [0.5, 0.6) is 0 Å². The number of ether oxygens (including phenoxy) is 1. The molecule has 0 aliphatic carbocycles. The molecule has 1 fully saturated rings. The van der Waals surface area contributed by atoms with Crippen molar-refractivity contribution in [3.8, 4) is 0 Å². The number of rotatable bonds is 10. The lowest BCUT2D eigenvalue weighted by Gasteiger charge is -2.30. The van der Waals surface area contributed by atoms with E-state index < -0.39 is 0 Å². The van der Waals surface area contributed by atoms with Crippen molar-refractivity contribution in [1.82, 2.24) is 4.90 Å². The first-order valence-electron chi connectivity index (χ1n) is 8.66. The minimum atomic E-state index is 0.0167. The molecule has 3 heteroatoms. The van der Waals surface area contributed by atoms with Crippen molar-refractivity contribution < 1.29 is 9.53 Å². The summed E-state index contributed by atoms with van der Waals surface area (Å²) in [6.07, 6.45) is 11.6. The van der Waals surface area contributed by atoms with Crippen LogP contribution in [0, 0.1) is 5.92 Å². The molecule has 0 radical (unpaired) electrons. The van der Waals surface area contributed by atoms with Crippen molar-refractivity contribution in [3.63, 3.8) is 0 Å². The molecule has 3 nitrogen and oxygen atoms in total. The first-order valence-corrected chi connectivity index (χ1v) is 8.66. The molecule has 0 atom stereocenters. The van der Waals surface area contributed by atoms with E-state index in [2.05, 4.69) is 11.8 Å². The van der Waals surface area contributed by atoms with E-state index in [1.165, 1.54) is 51.5 Å². The molecule has 1 aliphatic rings. The first-order chi connectivity index (χ1) is 9.77. The predicted molar refractivity (Wildman–Crippen MR) is 83.8 cm³/mol. The molecule has 20 heavy (non-hydrogen) atoms. The standard InChI is InChI=1S/C17H33NO2/c1-3-5-6-7-8-9-10-13-18-14-11-16(12-15-18)17(19)20-4-2/h16H,3-15H2,1-2H3. The van der Waals surface area contributed by atoms with Gasteiger partial charge in [0.15, 0.2) is 0 Å². The molecule has 0 amide bonds. The van der Waals surface area contributed by atoms with Crippen LogP contribution < -0.4 is 0 Å². The average molecular weight is 283 g/mol. The van der Waals surface area contributed by atoms with Crippen molar-refractivity contribution in [2.75, 3.05) is 26.2 Å². The Labute approximate surface area is 125 Å². The summed E-state index contributed by atoms with van der Waals surface area (Å²) in [7, 11) is 0. The zero-order valence-electron chi connectivity index (χ0n) is 13.5. The number of unbranched alkanes of at least 4 members (excludes halogenated alkanes) is 6. The SMILES string of the molecule is CCCCCCCCCN1CCC(C(=O)OCC)CC1. The molecule has 0 spiro atoms. The molecule has 0 aromatic carbocycles. The Morgan fingerprint density at radius 2 is 1.60 bits per heavy atom. The summed E-state index contributed by atoms with van der Waals surface area (Å²) >= 11 is 0. The van der Waals surface area contributed by atoms with Gasteiger partial charge in [-0.3, -0.25) is 4.79 Å². The van der Waals surface area contributed by atoms with Gasteiger partial charge in [-0.05, 0) is 45.8 Å². The van der Waals surface area contributed by atoms with Crippen LogP contribution in [0.4, 0.5) is 0 Å². The van der Waals surface area contributed by atoms with Gasteiger partial charge in [-0.15, -0.1) is 0 Å². The zero-order valence-corrected chi connectivity index (χ0v) is 13.5. The highest BCUT2D eigenvalue weighted by molar-refractivity contribution is 5.72. The number of likely N-dealkylation sites (tertiary alicyclic amines) is 1. The number of nitrogens with zero attached hydrogens (tertiary/aromatic N) is 1. The molecule has 0 aromatic rings. The molecule has 1 saturated heterocycles. The molecule has 0 aromatic heterocycles. The second-order valence-corrected chi connectivity index (χ2v) is 5.99. The van der Waals surface area contributed by atoms with Crippen LogP contribution in [0.2, 0.25) is 0 Å². The van der Waals surface area contributed by atoms with Crippen LogP contribution in [0.3, 0.4) is 0 Å². The minimum Gasteiger partial charge on any atom is -0.466 e. The fourth-order valence-electron chi connectivity index (χ4n) is 2.94. The number of esters is 1. The quantitative estimate of drug-likeness (QED) is 0.448. The molecule has 0 saturated carbocycles. The van der Waals surface area contributed by atoms with Gasteiger partial charge in [0.1, 0.15) is 0 Å². The maximum Gasteiger partial charge on any atom is 0.309 e. The predicted octanol–water partition coefficient (Wildman–Crippen LogP) is 4.01. The van der Waals surface area contributed by atoms with Gasteiger partial charge in [0.2, 0.25) is 0 Å². The number of hydrogen-bond donors (Lipinski definition) is 0. The normalized spacial score (nSPS) is 17.3. The molecule has 1 aliphatic heterocycles. The second-order valence-electron chi connectivity index (χ2n) is 5.99. The Morgan fingerprint density at radius 3 is 2.20 bits per heavy atom. The van der Waals surface area contributed by atoms with E-state index >= 15 is 0 Å². The highest BCUT2D eigenvalue weighted by atomic mass is 16.5. The van der Waals surface area contributed by atoms with Crippen LogP contribution in [0.15, 0.2) is 0 Å². The Hall–Kier alpha value is -0.570. The lowest BCUT2D eigenvalue weighted by Crippen LogP contribution is -2.37. The van der Waals surface area contributed by atoms with E-state index in [-0.39, 0.29) is 11.9 Å². The van der Waals surface area contributed by atoms with Gasteiger partial charge in [-0.2, -0.15) is 0 Å². The van der Waals surface area contributed by atoms with Crippen molar-refractivity contribution in [2.24, 2.45) is 5.92 Å². The second kappa shape index (κ2) is 11.1. The summed E-state index contributed by atoms with van der Waals surface area (Å²) in [5.41, 5.74) is 0. The maximum atomic E-state index is 11.6. The molecule has 0 N–H and O–H groups in total. The van der Waals surface area contributed by atoms with Crippen LogP contribution >= 0.6 is 0 Å². The first kappa shape index (κ1) is 17.5. The van der Waals surface area contributed by atoms with E-state index in [0.29, 0.717) is 6.61 Å². The Morgan fingerprint density at radius 1 is 1.00 bits per heavy atom. The van der Waals surface area contributed by atoms with Gasteiger partial charge in [-0.25, -0.2) is 0 Å². The number of carbonyl (C=O) groups excluding carboxylic acids is 1. The summed E-state index contributed by atoms with van der Waals surface area (Å²) in [5, 5.41) is 0. The van der Waals surface area contributed by atoms with E-state index in [9.17, 15) is 4.79 Å². The van der Waals surface area contributed by atoms with Crippen LogP contribution in [-0.2, 0) is 9.53 Å². The van der Waals surface area contributed by atoms with Gasteiger partial charge in [0.05, 0.1) is 12.5 Å². The van der Waals surface area contributed by atoms with E-state index in [1.807, 2.05) is 6.92 Å². The molecule has 0 bridgehead atoms. The average Bonchev–Trinajstić information content (AvgIpc) is 2.47. The summed E-state index contributed by atoms with van der Waals surface area (Å²) in [4.78, 5) is 14.2. The third kappa shape index (κ3) is 7.28. The Balaban J connectivity index is 1.98. The van der Waals surface area contributed by atoms with Crippen LogP contribution in [0.25, 0.3) is 0 Å². The van der Waals surface area contributed by atoms with E-state index in [1.54, 1.807) is 0 Å². The third-order valence-electron chi connectivity index (χ3n) is 4.29. The molecule has 118 valence electrons. The Bertz CT molecular complexity index is 247. The van der Waals surface area contributed by atoms with Crippen molar-refractivity contribution in [2.45, 2.75) is 71.6 Å². The summed E-state index contributed by atoms with van der Waals surface area (Å²) in [6.45, 7) is 8.01. The maximum absolute atomic E-state index is 11.6. The smallest absolute Gasteiger partial charge is 0.309 e. The van der Waals surface area contributed by atoms with Gasteiger partial charge < -0.3 is 9.64 Å². The summed E-state index contributed by atoms with van der Waals surface area (Å²) in [6, 6.07) is 0. The van der Waals surface area contributed by atoms with Gasteiger partial charge >= 0.3 is 5.97 Å². The summed E-state index contributed by atoms with van der Waals surface area (Å²) in [5.74, 6) is 0.170. The van der Waals surface area contributed by atoms with Crippen molar-refractivity contribution >= 4 is 5.97 Å². The largest absolute Gasteiger partial charge is 0.466 e. The highest BCUT2D eigenvalue weighted by Crippen LogP contribution is 2.19. The molecular formula is C17H33NO2. The van der Waals surface area contributed by atoms with Crippen LogP contribution in [-0.4, -0.2) is 37.1 Å². The van der Waals surface area contributed by atoms with Gasteiger partial charge in [0.25, 0.3) is 0 Å². The topological polar surface area (TPSA) is 29.5 Å². The fraction of sp³-hybridized carbons (Fsp3) is 0.941. The van der Waals surface area contributed by atoms with Gasteiger partial charge in [-0.1, -0.05) is 45.4 Å². The highest BCUT2D eigenvalue weighted by Gasteiger charge is 2.25. The zero-order chi connectivity index (χ0) is 14.6. The molecule has 0 unspecified atom stereocenters. The fourth-order valence-corrected chi connectivity index (χ4v) is 2.94. The van der Waals surface area contributed by atoms with Gasteiger partial charge in [0, 0.05) is 0 Å².